The second-order valence-electron chi connectivity index (χ2n) is 6.82. The first-order valence-electron chi connectivity index (χ1n) is 9.78. The van der Waals surface area contributed by atoms with Gasteiger partial charge in [0.1, 0.15) is 29.4 Å². The van der Waals surface area contributed by atoms with Crippen molar-refractivity contribution in [3.8, 4) is 11.5 Å². The summed E-state index contributed by atoms with van der Waals surface area (Å²) in [7, 11) is 3.08. The van der Waals surface area contributed by atoms with Crippen molar-refractivity contribution in [1.82, 2.24) is 14.5 Å². The van der Waals surface area contributed by atoms with Crippen molar-refractivity contribution < 1.29 is 18.7 Å². The lowest BCUT2D eigenvalue weighted by molar-refractivity contribution is -0.116. The van der Waals surface area contributed by atoms with Crippen LogP contribution in [-0.4, -0.2) is 34.7 Å². The number of ether oxygens (including phenoxy) is 2. The summed E-state index contributed by atoms with van der Waals surface area (Å²) < 4.78 is 26.3. The van der Waals surface area contributed by atoms with E-state index in [2.05, 4.69) is 15.3 Å². The van der Waals surface area contributed by atoms with Crippen molar-refractivity contribution in [1.29, 1.82) is 0 Å². The SMILES string of the molecule is COc1ccc(NC(=O)Cn2c(SCc3ccccc3F)nc3cccnc32)c(OC)c1. The molecule has 0 fully saturated rings. The van der Waals surface area contributed by atoms with Gasteiger partial charge in [-0.3, -0.25) is 9.36 Å². The number of nitrogens with zero attached hydrogens (tertiary/aromatic N) is 3. The number of anilines is 1. The number of nitrogens with one attached hydrogen (secondary N) is 1. The Morgan fingerprint density at radius 1 is 1.12 bits per heavy atom. The van der Waals surface area contributed by atoms with Crippen molar-refractivity contribution >= 4 is 34.5 Å². The molecule has 0 spiro atoms. The third-order valence-electron chi connectivity index (χ3n) is 4.77. The summed E-state index contributed by atoms with van der Waals surface area (Å²) in [5.74, 6) is 0.942. The summed E-state index contributed by atoms with van der Waals surface area (Å²) in [6.45, 7) is -0.0116. The number of fused-ring (bicyclic) bond motifs is 1. The molecule has 2 heterocycles. The normalized spacial score (nSPS) is 10.8. The first-order chi connectivity index (χ1) is 15.6. The number of methoxy groups -OCH3 is 2. The molecule has 7 nitrogen and oxygen atoms in total. The molecule has 2 aromatic heterocycles. The predicted molar refractivity (Wildman–Crippen MR) is 122 cm³/mol. The molecule has 0 aliphatic carbocycles. The standard InChI is InChI=1S/C23H21FN4O3S/c1-30-16-9-10-18(20(12-16)31-2)26-21(29)13-28-22-19(8-5-11-25-22)27-23(28)32-14-15-6-3-4-7-17(15)24/h3-12H,13-14H2,1-2H3,(H,26,29). The van der Waals surface area contributed by atoms with E-state index in [1.165, 1.54) is 24.9 Å². The maximum Gasteiger partial charge on any atom is 0.244 e. The van der Waals surface area contributed by atoms with E-state index in [9.17, 15) is 9.18 Å². The number of thioether (sulfide) groups is 1. The number of halogens is 1. The largest absolute Gasteiger partial charge is 0.497 e. The average molecular weight is 453 g/mol. The predicted octanol–water partition coefficient (Wildman–Crippen LogP) is 4.52. The smallest absolute Gasteiger partial charge is 0.244 e. The van der Waals surface area contributed by atoms with Crippen LogP contribution >= 0.6 is 11.8 Å². The highest BCUT2D eigenvalue weighted by Crippen LogP contribution is 2.30. The highest BCUT2D eigenvalue weighted by molar-refractivity contribution is 7.98. The molecule has 0 unspecified atom stereocenters. The van der Waals surface area contributed by atoms with Crippen molar-refractivity contribution in [2.75, 3.05) is 19.5 Å². The van der Waals surface area contributed by atoms with Gasteiger partial charge in [0.15, 0.2) is 10.8 Å². The van der Waals surface area contributed by atoms with Crippen molar-refractivity contribution in [2.24, 2.45) is 0 Å². The van der Waals surface area contributed by atoms with E-state index in [-0.39, 0.29) is 18.3 Å². The zero-order chi connectivity index (χ0) is 22.5. The number of hydrogen-bond donors (Lipinski definition) is 1. The minimum Gasteiger partial charge on any atom is -0.497 e. The fraction of sp³-hybridized carbons (Fsp3) is 0.174. The van der Waals surface area contributed by atoms with Crippen molar-refractivity contribution in [2.45, 2.75) is 17.5 Å². The molecule has 1 amide bonds. The molecule has 0 saturated heterocycles. The molecule has 164 valence electrons. The summed E-state index contributed by atoms with van der Waals surface area (Å²) in [4.78, 5) is 21.9. The number of rotatable bonds is 8. The number of carbonyl (C=O) groups is 1. The number of carbonyl (C=O) groups excluding carboxylic acids is 1. The lowest BCUT2D eigenvalue weighted by atomic mass is 10.2. The Morgan fingerprint density at radius 3 is 2.75 bits per heavy atom. The first-order valence-corrected chi connectivity index (χ1v) is 10.8. The van der Waals surface area contributed by atoms with Gasteiger partial charge in [0.25, 0.3) is 0 Å². The minimum absolute atomic E-state index is 0.0116. The minimum atomic E-state index is -0.273. The fourth-order valence-corrected chi connectivity index (χ4v) is 4.17. The highest BCUT2D eigenvalue weighted by Gasteiger charge is 2.17. The molecule has 2 aromatic carbocycles. The Labute approximate surface area is 188 Å². The molecule has 0 atom stereocenters. The van der Waals surface area contributed by atoms with Crippen LogP contribution in [0, 0.1) is 5.82 Å². The zero-order valence-corrected chi connectivity index (χ0v) is 18.4. The van der Waals surface area contributed by atoms with E-state index < -0.39 is 0 Å². The quantitative estimate of drug-likeness (QED) is 0.396. The summed E-state index contributed by atoms with van der Waals surface area (Å²) in [5, 5.41) is 3.44. The summed E-state index contributed by atoms with van der Waals surface area (Å²) in [6, 6.07) is 15.4. The molecule has 0 radical (unpaired) electrons. The number of imidazole rings is 1. The van der Waals surface area contributed by atoms with Gasteiger partial charge in [-0.2, -0.15) is 0 Å². The molecular weight excluding hydrogens is 431 g/mol. The van der Waals surface area contributed by atoms with Crippen molar-refractivity contribution in [3.63, 3.8) is 0 Å². The number of aromatic nitrogens is 3. The average Bonchev–Trinajstić information content (AvgIpc) is 3.16. The molecule has 9 heteroatoms. The van der Waals surface area contributed by atoms with E-state index in [1.807, 2.05) is 6.07 Å². The van der Waals surface area contributed by atoms with Gasteiger partial charge in [-0.05, 0) is 35.9 Å². The van der Waals surface area contributed by atoms with Crippen LogP contribution in [0.4, 0.5) is 10.1 Å². The van der Waals surface area contributed by atoms with Crippen LogP contribution in [0.15, 0.2) is 66.0 Å². The van der Waals surface area contributed by atoms with Crippen LogP contribution in [0.25, 0.3) is 11.2 Å². The molecular formula is C23H21FN4O3S. The number of pyridine rings is 1. The van der Waals surface area contributed by atoms with Gasteiger partial charge in [0, 0.05) is 18.0 Å². The fourth-order valence-electron chi connectivity index (χ4n) is 3.18. The summed E-state index contributed by atoms with van der Waals surface area (Å²) in [5.41, 5.74) is 2.34. The molecule has 0 aliphatic rings. The molecule has 32 heavy (non-hydrogen) atoms. The second kappa shape index (κ2) is 9.69. The van der Waals surface area contributed by atoms with Crippen LogP contribution in [0.3, 0.4) is 0 Å². The van der Waals surface area contributed by atoms with Gasteiger partial charge in [-0.15, -0.1) is 0 Å². The maximum absolute atomic E-state index is 14.0. The Morgan fingerprint density at radius 2 is 1.97 bits per heavy atom. The van der Waals surface area contributed by atoms with Gasteiger partial charge in [0.05, 0.1) is 19.9 Å². The topological polar surface area (TPSA) is 78.3 Å². The Balaban J connectivity index is 1.57. The molecule has 4 aromatic rings. The van der Waals surface area contributed by atoms with Crippen LogP contribution in [0.1, 0.15) is 5.56 Å². The lowest BCUT2D eigenvalue weighted by Crippen LogP contribution is -2.20. The zero-order valence-electron chi connectivity index (χ0n) is 17.5. The monoisotopic (exact) mass is 452 g/mol. The third kappa shape index (κ3) is 4.67. The van der Waals surface area contributed by atoms with Gasteiger partial charge in [-0.1, -0.05) is 30.0 Å². The Kier molecular flexibility index (Phi) is 6.55. The molecule has 4 rings (SSSR count). The molecule has 1 N–H and O–H groups in total. The van der Waals surface area contributed by atoms with E-state index in [1.54, 1.807) is 60.3 Å². The molecule has 0 aliphatic heterocycles. The van der Waals surface area contributed by atoms with Crippen LogP contribution in [-0.2, 0) is 17.1 Å². The summed E-state index contributed by atoms with van der Waals surface area (Å²) in [6.07, 6.45) is 1.65. The number of hydrogen-bond acceptors (Lipinski definition) is 6. The summed E-state index contributed by atoms with van der Waals surface area (Å²) >= 11 is 1.35. The Bertz CT molecular complexity index is 1260. The van der Waals surface area contributed by atoms with Gasteiger partial charge in [-0.25, -0.2) is 14.4 Å². The van der Waals surface area contributed by atoms with Gasteiger partial charge >= 0.3 is 0 Å². The number of benzene rings is 2. The third-order valence-corrected chi connectivity index (χ3v) is 5.79. The van der Waals surface area contributed by atoms with E-state index in [4.69, 9.17) is 9.47 Å². The van der Waals surface area contributed by atoms with Crippen LogP contribution < -0.4 is 14.8 Å². The van der Waals surface area contributed by atoms with Crippen LogP contribution in [0.2, 0.25) is 0 Å². The van der Waals surface area contributed by atoms with Gasteiger partial charge < -0.3 is 14.8 Å². The van der Waals surface area contributed by atoms with Crippen molar-refractivity contribution in [3.05, 3.63) is 72.2 Å². The molecule has 0 saturated carbocycles. The highest BCUT2D eigenvalue weighted by atomic mass is 32.2. The molecule has 0 bridgehead atoms. The second-order valence-corrected chi connectivity index (χ2v) is 7.76. The first kappa shape index (κ1) is 21.6. The van der Waals surface area contributed by atoms with E-state index in [0.29, 0.717) is 44.8 Å². The van der Waals surface area contributed by atoms with Crippen LogP contribution in [0.5, 0.6) is 11.5 Å². The lowest BCUT2D eigenvalue weighted by Gasteiger charge is -2.13. The van der Waals surface area contributed by atoms with Gasteiger partial charge in [0.2, 0.25) is 5.91 Å². The number of amides is 1. The van der Waals surface area contributed by atoms with E-state index >= 15 is 0 Å². The maximum atomic E-state index is 14.0. The Hall–Kier alpha value is -3.59. The van der Waals surface area contributed by atoms with E-state index in [0.717, 1.165) is 0 Å².